The lowest BCUT2D eigenvalue weighted by Crippen LogP contribution is -2.19. The normalized spacial score (nSPS) is 17.0. The summed E-state index contributed by atoms with van der Waals surface area (Å²) in [4.78, 5) is 29.0. The quantitative estimate of drug-likeness (QED) is 0.191. The standard InChI is InChI=1S/C13H19N3O2S.C11H17N3OS.C4H8O/c1-3-18-12(17)10-8-14-13(19-2)16-11(10)15-9-6-4-5-7-9;1-16-11-12-6-8(7-15)10(14-11)13-9-4-2-3-5-9;1-2-4-5-3-1/h8-9H,3-7H2,1-2H3,(H,14,15,16);6,9,15H,2-5,7H2,1H3,(H,12,13,14);1-4H2. The van der Waals surface area contributed by atoms with Crippen molar-refractivity contribution in [1.82, 2.24) is 19.9 Å². The third-order valence-corrected chi connectivity index (χ3v) is 7.98. The zero-order valence-electron chi connectivity index (χ0n) is 24.0. The molecule has 3 aliphatic rings. The second-order valence-electron chi connectivity index (χ2n) is 9.80. The number of anilines is 2. The molecule has 2 aromatic heterocycles. The van der Waals surface area contributed by atoms with Crippen molar-refractivity contribution in [3.05, 3.63) is 23.5 Å². The molecule has 2 aliphatic carbocycles. The second-order valence-corrected chi connectivity index (χ2v) is 11.3. The lowest BCUT2D eigenvalue weighted by molar-refractivity contribution is 0.0526. The molecule has 5 rings (SSSR count). The molecule has 3 fully saturated rings. The Labute approximate surface area is 246 Å². The minimum atomic E-state index is -0.365. The summed E-state index contributed by atoms with van der Waals surface area (Å²) in [5.74, 6) is 1.04. The van der Waals surface area contributed by atoms with Gasteiger partial charge in [-0.3, -0.25) is 0 Å². The van der Waals surface area contributed by atoms with Gasteiger partial charge in [0.1, 0.15) is 17.2 Å². The van der Waals surface area contributed by atoms with Gasteiger partial charge in [0.15, 0.2) is 10.3 Å². The zero-order chi connectivity index (χ0) is 28.6. The van der Waals surface area contributed by atoms with Gasteiger partial charge in [0.05, 0.1) is 13.2 Å². The highest BCUT2D eigenvalue weighted by Gasteiger charge is 2.21. The fourth-order valence-corrected chi connectivity index (χ4v) is 5.38. The van der Waals surface area contributed by atoms with Crippen molar-refractivity contribution in [3.63, 3.8) is 0 Å². The highest BCUT2D eigenvalue weighted by molar-refractivity contribution is 7.98. The maximum absolute atomic E-state index is 11.9. The molecule has 0 unspecified atom stereocenters. The van der Waals surface area contributed by atoms with Crippen molar-refractivity contribution >= 4 is 41.1 Å². The number of aliphatic hydroxyl groups is 1. The predicted octanol–water partition coefficient (Wildman–Crippen LogP) is 5.57. The molecule has 0 spiro atoms. The van der Waals surface area contributed by atoms with Gasteiger partial charge in [0.25, 0.3) is 0 Å². The lowest BCUT2D eigenvalue weighted by Gasteiger charge is -2.15. The molecule has 2 aromatic rings. The van der Waals surface area contributed by atoms with Gasteiger partial charge >= 0.3 is 5.97 Å². The van der Waals surface area contributed by atoms with Crippen LogP contribution in [0.25, 0.3) is 0 Å². The van der Waals surface area contributed by atoms with E-state index >= 15 is 0 Å². The maximum Gasteiger partial charge on any atom is 0.343 e. The molecule has 0 bridgehead atoms. The van der Waals surface area contributed by atoms with Crippen LogP contribution in [0.3, 0.4) is 0 Å². The fraction of sp³-hybridized carbons (Fsp3) is 0.679. The summed E-state index contributed by atoms with van der Waals surface area (Å²) < 4.78 is 9.99. The zero-order valence-corrected chi connectivity index (χ0v) is 25.6. The van der Waals surface area contributed by atoms with Crippen molar-refractivity contribution < 1.29 is 19.4 Å². The van der Waals surface area contributed by atoms with E-state index in [1.807, 2.05) is 12.5 Å². The molecule has 2 saturated carbocycles. The molecular weight excluding hydrogens is 548 g/mol. The van der Waals surface area contributed by atoms with Crippen molar-refractivity contribution in [2.45, 2.75) is 100 Å². The Bertz CT molecular complexity index is 1020. The van der Waals surface area contributed by atoms with Crippen LogP contribution in [0.4, 0.5) is 11.6 Å². The van der Waals surface area contributed by atoms with Gasteiger partial charge in [-0.25, -0.2) is 24.7 Å². The summed E-state index contributed by atoms with van der Waals surface area (Å²) in [6.07, 6.45) is 19.4. The number of thioether (sulfide) groups is 2. The first kappa shape index (κ1) is 32.4. The first-order chi connectivity index (χ1) is 19.6. The average molecular weight is 593 g/mol. The predicted molar refractivity (Wildman–Crippen MR) is 161 cm³/mol. The molecule has 0 radical (unpaired) electrons. The fourth-order valence-electron chi connectivity index (χ4n) is 4.70. The van der Waals surface area contributed by atoms with Gasteiger partial charge in [0, 0.05) is 43.3 Å². The minimum Gasteiger partial charge on any atom is -0.462 e. The van der Waals surface area contributed by atoms with Crippen molar-refractivity contribution in [2.75, 3.05) is 43.0 Å². The number of ether oxygens (including phenoxy) is 2. The van der Waals surface area contributed by atoms with Gasteiger partial charge in [-0.1, -0.05) is 49.2 Å². The van der Waals surface area contributed by atoms with Gasteiger partial charge in [-0.05, 0) is 58.0 Å². The number of aromatic nitrogens is 4. The van der Waals surface area contributed by atoms with E-state index in [1.165, 1.54) is 74.9 Å². The van der Waals surface area contributed by atoms with Gasteiger partial charge in [0.2, 0.25) is 0 Å². The average Bonchev–Trinajstić information content (AvgIpc) is 3.79. The number of carbonyl (C=O) groups is 1. The Kier molecular flexibility index (Phi) is 14.8. The third-order valence-electron chi connectivity index (χ3n) is 6.86. The van der Waals surface area contributed by atoms with E-state index < -0.39 is 0 Å². The van der Waals surface area contributed by atoms with Gasteiger partial charge in [-0.2, -0.15) is 0 Å². The van der Waals surface area contributed by atoms with Crippen molar-refractivity contribution in [3.8, 4) is 0 Å². The van der Waals surface area contributed by atoms with Crippen LogP contribution in [0, 0.1) is 0 Å². The van der Waals surface area contributed by atoms with Crippen LogP contribution >= 0.6 is 23.5 Å². The number of esters is 1. The van der Waals surface area contributed by atoms with Gasteiger partial charge in [-0.15, -0.1) is 0 Å². The van der Waals surface area contributed by atoms with E-state index in [1.54, 1.807) is 19.3 Å². The number of hydrogen-bond donors (Lipinski definition) is 3. The van der Waals surface area contributed by atoms with E-state index in [9.17, 15) is 9.90 Å². The van der Waals surface area contributed by atoms with Crippen molar-refractivity contribution in [2.24, 2.45) is 0 Å². The van der Waals surface area contributed by atoms with E-state index in [2.05, 4.69) is 30.6 Å². The molecule has 3 N–H and O–H groups in total. The summed E-state index contributed by atoms with van der Waals surface area (Å²) in [5, 5.41) is 17.4. The van der Waals surface area contributed by atoms with Crippen LogP contribution in [-0.4, -0.2) is 75.4 Å². The molecular formula is C28H44N6O4S2. The molecule has 10 nitrogen and oxygen atoms in total. The highest BCUT2D eigenvalue weighted by Crippen LogP contribution is 2.25. The molecule has 1 aliphatic heterocycles. The Morgan fingerprint density at radius 2 is 1.43 bits per heavy atom. The van der Waals surface area contributed by atoms with Crippen LogP contribution in [-0.2, 0) is 16.1 Å². The number of nitrogens with zero attached hydrogens (tertiary/aromatic N) is 4. The van der Waals surface area contributed by atoms with Crippen LogP contribution in [0.1, 0.15) is 87.1 Å². The summed E-state index contributed by atoms with van der Waals surface area (Å²) in [6, 6.07) is 0.910. The van der Waals surface area contributed by atoms with Crippen LogP contribution in [0.15, 0.2) is 22.7 Å². The first-order valence-electron chi connectivity index (χ1n) is 14.3. The van der Waals surface area contributed by atoms with Crippen LogP contribution < -0.4 is 10.6 Å². The Hall–Kier alpha value is -2.15. The Morgan fingerprint density at radius 3 is 1.90 bits per heavy atom. The first-order valence-corrected chi connectivity index (χ1v) is 16.7. The van der Waals surface area contributed by atoms with Crippen LogP contribution in [0.5, 0.6) is 0 Å². The number of rotatable bonds is 9. The van der Waals surface area contributed by atoms with E-state index in [4.69, 9.17) is 9.47 Å². The number of carbonyl (C=O) groups excluding carboxylic acids is 1. The molecule has 0 aromatic carbocycles. The second kappa shape index (κ2) is 18.3. The number of hydrogen-bond acceptors (Lipinski definition) is 12. The van der Waals surface area contributed by atoms with Crippen molar-refractivity contribution in [1.29, 1.82) is 0 Å². The molecule has 222 valence electrons. The number of aliphatic hydroxyl groups excluding tert-OH is 1. The lowest BCUT2D eigenvalue weighted by atomic mass is 10.2. The SMILES string of the molecule is C1CCOC1.CCOC(=O)c1cnc(SC)nc1NC1CCCC1.CSc1ncc(CO)c(NC2CCCC2)n1. The topological polar surface area (TPSA) is 131 Å². The van der Waals surface area contributed by atoms with Gasteiger partial charge < -0.3 is 25.2 Å². The maximum atomic E-state index is 11.9. The molecule has 1 saturated heterocycles. The molecule has 12 heteroatoms. The monoisotopic (exact) mass is 592 g/mol. The molecule has 0 atom stereocenters. The summed E-state index contributed by atoms with van der Waals surface area (Å²) >= 11 is 2.98. The molecule has 40 heavy (non-hydrogen) atoms. The largest absolute Gasteiger partial charge is 0.462 e. The smallest absolute Gasteiger partial charge is 0.343 e. The third kappa shape index (κ3) is 10.7. The molecule has 3 heterocycles. The number of nitrogens with one attached hydrogen (secondary N) is 2. The molecule has 0 amide bonds. The Morgan fingerprint density at radius 1 is 0.900 bits per heavy atom. The minimum absolute atomic E-state index is 0.0102. The highest BCUT2D eigenvalue weighted by atomic mass is 32.2. The van der Waals surface area contributed by atoms with E-state index in [0.717, 1.165) is 42.6 Å². The summed E-state index contributed by atoms with van der Waals surface area (Å²) in [5.41, 5.74) is 1.20. The Balaban J connectivity index is 0.000000189. The summed E-state index contributed by atoms with van der Waals surface area (Å²) in [7, 11) is 0. The van der Waals surface area contributed by atoms with Crippen LogP contribution in [0.2, 0.25) is 0 Å². The summed E-state index contributed by atoms with van der Waals surface area (Å²) in [6.45, 7) is 4.13. The van der Waals surface area contributed by atoms with E-state index in [0.29, 0.717) is 35.2 Å². The van der Waals surface area contributed by atoms with E-state index in [-0.39, 0.29) is 12.6 Å².